The summed E-state index contributed by atoms with van der Waals surface area (Å²) in [7, 11) is 1.71. The Labute approximate surface area is 136 Å². The van der Waals surface area contributed by atoms with E-state index in [4.69, 9.17) is 4.74 Å². The molecule has 0 aliphatic heterocycles. The standard InChI is InChI=1S/C17H23N3O3/c1-11(2)23-14-7-5-6-13(9-14)16(21)10-18-17(22)15-8-12(3)19-20(15)4/h5-9,11,16,21H,10H2,1-4H3,(H,18,22). The third-order valence-electron chi connectivity index (χ3n) is 3.31. The number of hydrogen-bond donors (Lipinski definition) is 2. The Kier molecular flexibility index (Phi) is 5.39. The van der Waals surface area contributed by atoms with E-state index in [0.29, 0.717) is 17.0 Å². The molecule has 2 aromatic rings. The van der Waals surface area contributed by atoms with Gasteiger partial charge in [-0.05, 0) is 44.5 Å². The van der Waals surface area contributed by atoms with Gasteiger partial charge in [-0.2, -0.15) is 5.10 Å². The minimum atomic E-state index is -0.802. The summed E-state index contributed by atoms with van der Waals surface area (Å²) in [6, 6.07) is 8.96. The van der Waals surface area contributed by atoms with Gasteiger partial charge in [0, 0.05) is 13.6 Å². The predicted molar refractivity (Wildman–Crippen MR) is 87.4 cm³/mol. The third-order valence-corrected chi connectivity index (χ3v) is 3.31. The van der Waals surface area contributed by atoms with Crippen LogP contribution in [0, 0.1) is 6.92 Å². The quantitative estimate of drug-likeness (QED) is 0.854. The minimum Gasteiger partial charge on any atom is -0.491 e. The van der Waals surface area contributed by atoms with Crippen LogP contribution < -0.4 is 10.1 Å². The summed E-state index contributed by atoms with van der Waals surface area (Å²) in [5.41, 5.74) is 1.94. The molecule has 23 heavy (non-hydrogen) atoms. The van der Waals surface area contributed by atoms with E-state index in [1.165, 1.54) is 4.68 Å². The summed E-state index contributed by atoms with van der Waals surface area (Å²) < 4.78 is 7.13. The Bertz CT molecular complexity index is 679. The van der Waals surface area contributed by atoms with Gasteiger partial charge in [-0.3, -0.25) is 9.48 Å². The van der Waals surface area contributed by atoms with Crippen LogP contribution in [-0.4, -0.2) is 33.4 Å². The number of amides is 1. The van der Waals surface area contributed by atoms with Gasteiger partial charge in [0.1, 0.15) is 11.4 Å². The molecule has 124 valence electrons. The van der Waals surface area contributed by atoms with Crippen molar-refractivity contribution in [3.63, 3.8) is 0 Å². The average Bonchev–Trinajstić information content (AvgIpc) is 2.83. The number of carbonyl (C=O) groups excluding carboxylic acids is 1. The molecule has 6 nitrogen and oxygen atoms in total. The third kappa shape index (κ3) is 4.56. The molecule has 0 spiro atoms. The Morgan fingerprint density at radius 3 is 2.74 bits per heavy atom. The van der Waals surface area contributed by atoms with Crippen LogP contribution in [0.3, 0.4) is 0 Å². The number of aliphatic hydroxyl groups excluding tert-OH is 1. The van der Waals surface area contributed by atoms with Gasteiger partial charge in [0.25, 0.3) is 5.91 Å². The molecule has 0 fully saturated rings. The first-order valence-corrected chi connectivity index (χ1v) is 7.60. The van der Waals surface area contributed by atoms with Crippen LogP contribution >= 0.6 is 0 Å². The number of aromatic nitrogens is 2. The molecule has 0 bridgehead atoms. The zero-order valence-electron chi connectivity index (χ0n) is 13.9. The highest BCUT2D eigenvalue weighted by atomic mass is 16.5. The highest BCUT2D eigenvalue weighted by Gasteiger charge is 2.15. The van der Waals surface area contributed by atoms with Gasteiger partial charge in [0.15, 0.2) is 0 Å². The van der Waals surface area contributed by atoms with Crippen molar-refractivity contribution >= 4 is 5.91 Å². The van der Waals surface area contributed by atoms with Crippen molar-refractivity contribution in [2.75, 3.05) is 6.54 Å². The van der Waals surface area contributed by atoms with Gasteiger partial charge in [-0.25, -0.2) is 0 Å². The fourth-order valence-corrected chi connectivity index (χ4v) is 2.29. The number of benzene rings is 1. The van der Waals surface area contributed by atoms with E-state index in [2.05, 4.69) is 10.4 Å². The lowest BCUT2D eigenvalue weighted by Crippen LogP contribution is -2.29. The molecule has 0 saturated heterocycles. The molecule has 2 rings (SSSR count). The lowest BCUT2D eigenvalue weighted by molar-refractivity contribution is 0.0907. The smallest absolute Gasteiger partial charge is 0.269 e. The molecule has 2 N–H and O–H groups in total. The van der Waals surface area contributed by atoms with Gasteiger partial charge in [-0.15, -0.1) is 0 Å². The first-order valence-electron chi connectivity index (χ1n) is 7.60. The molecule has 1 aromatic heterocycles. The summed E-state index contributed by atoms with van der Waals surface area (Å²) >= 11 is 0. The van der Waals surface area contributed by atoms with Crippen LogP contribution in [0.5, 0.6) is 5.75 Å². The normalized spacial score (nSPS) is 12.3. The number of nitrogens with one attached hydrogen (secondary N) is 1. The van der Waals surface area contributed by atoms with Crippen molar-refractivity contribution in [1.82, 2.24) is 15.1 Å². The maximum atomic E-state index is 12.1. The van der Waals surface area contributed by atoms with Gasteiger partial charge in [-0.1, -0.05) is 12.1 Å². The molecule has 1 aromatic carbocycles. The Morgan fingerprint density at radius 1 is 1.39 bits per heavy atom. The topological polar surface area (TPSA) is 76.4 Å². The van der Waals surface area contributed by atoms with Gasteiger partial charge in [0.2, 0.25) is 0 Å². The number of aliphatic hydroxyl groups is 1. The molecular formula is C17H23N3O3. The number of ether oxygens (including phenoxy) is 1. The second-order valence-electron chi connectivity index (χ2n) is 5.76. The van der Waals surface area contributed by atoms with Gasteiger partial charge >= 0.3 is 0 Å². The van der Waals surface area contributed by atoms with Crippen LogP contribution in [0.15, 0.2) is 30.3 Å². The first-order chi connectivity index (χ1) is 10.9. The summed E-state index contributed by atoms with van der Waals surface area (Å²) in [5, 5.41) is 17.1. The number of nitrogens with zero attached hydrogens (tertiary/aromatic N) is 2. The van der Waals surface area contributed by atoms with E-state index in [-0.39, 0.29) is 18.6 Å². The largest absolute Gasteiger partial charge is 0.491 e. The van der Waals surface area contributed by atoms with E-state index in [0.717, 1.165) is 5.69 Å². The molecule has 1 amide bonds. The summed E-state index contributed by atoms with van der Waals surface area (Å²) in [4.78, 5) is 12.1. The summed E-state index contributed by atoms with van der Waals surface area (Å²) in [5.74, 6) is 0.437. The van der Waals surface area contributed by atoms with Crippen LogP contribution in [-0.2, 0) is 7.05 Å². The lowest BCUT2D eigenvalue weighted by atomic mass is 10.1. The first kappa shape index (κ1) is 17.0. The highest BCUT2D eigenvalue weighted by molar-refractivity contribution is 5.92. The van der Waals surface area contributed by atoms with E-state index in [1.54, 1.807) is 25.2 Å². The molecule has 0 aliphatic rings. The van der Waals surface area contributed by atoms with E-state index >= 15 is 0 Å². The van der Waals surface area contributed by atoms with E-state index < -0.39 is 6.10 Å². The van der Waals surface area contributed by atoms with Crippen LogP contribution in [0.4, 0.5) is 0 Å². The van der Waals surface area contributed by atoms with E-state index in [9.17, 15) is 9.90 Å². The number of rotatable bonds is 6. The number of hydrogen-bond acceptors (Lipinski definition) is 4. The zero-order valence-corrected chi connectivity index (χ0v) is 13.9. The molecular weight excluding hydrogens is 294 g/mol. The Morgan fingerprint density at radius 2 is 2.13 bits per heavy atom. The Hall–Kier alpha value is -2.34. The lowest BCUT2D eigenvalue weighted by Gasteiger charge is -2.15. The summed E-state index contributed by atoms with van der Waals surface area (Å²) in [6.45, 7) is 5.83. The highest BCUT2D eigenvalue weighted by Crippen LogP contribution is 2.20. The zero-order chi connectivity index (χ0) is 17.0. The maximum absolute atomic E-state index is 12.1. The Balaban J connectivity index is 1.98. The van der Waals surface area contributed by atoms with Crippen molar-refractivity contribution in [2.24, 2.45) is 7.05 Å². The fourth-order valence-electron chi connectivity index (χ4n) is 2.29. The maximum Gasteiger partial charge on any atom is 0.269 e. The van der Waals surface area contributed by atoms with Gasteiger partial charge < -0.3 is 15.2 Å². The second-order valence-corrected chi connectivity index (χ2v) is 5.76. The summed E-state index contributed by atoms with van der Waals surface area (Å²) in [6.07, 6.45) is -0.737. The molecule has 6 heteroatoms. The monoisotopic (exact) mass is 317 g/mol. The van der Waals surface area contributed by atoms with Crippen LogP contribution in [0.25, 0.3) is 0 Å². The predicted octanol–water partition coefficient (Wildman–Crippen LogP) is 1.98. The molecule has 0 aliphatic carbocycles. The van der Waals surface area contributed by atoms with Crippen molar-refractivity contribution in [2.45, 2.75) is 33.0 Å². The minimum absolute atomic E-state index is 0.0650. The molecule has 1 heterocycles. The molecule has 1 atom stereocenters. The van der Waals surface area contributed by atoms with Crippen LogP contribution in [0.2, 0.25) is 0 Å². The SMILES string of the molecule is Cc1cc(C(=O)NCC(O)c2cccc(OC(C)C)c2)n(C)n1. The van der Waals surface area contributed by atoms with Crippen molar-refractivity contribution < 1.29 is 14.6 Å². The fraction of sp³-hybridized carbons (Fsp3) is 0.412. The van der Waals surface area contributed by atoms with Crippen molar-refractivity contribution in [1.29, 1.82) is 0 Å². The van der Waals surface area contributed by atoms with Crippen LogP contribution in [0.1, 0.15) is 41.7 Å². The molecule has 0 radical (unpaired) electrons. The average molecular weight is 317 g/mol. The van der Waals surface area contributed by atoms with Crippen molar-refractivity contribution in [3.8, 4) is 5.75 Å². The number of carbonyl (C=O) groups is 1. The number of aryl methyl sites for hydroxylation is 2. The molecule has 1 unspecified atom stereocenters. The van der Waals surface area contributed by atoms with Crippen molar-refractivity contribution in [3.05, 3.63) is 47.3 Å². The second kappa shape index (κ2) is 7.28. The van der Waals surface area contributed by atoms with Gasteiger partial charge in [0.05, 0.1) is 17.9 Å². The van der Waals surface area contributed by atoms with E-state index in [1.807, 2.05) is 32.9 Å². The molecule has 0 saturated carbocycles.